The van der Waals surface area contributed by atoms with E-state index in [9.17, 15) is 0 Å². The molecule has 3 N–H and O–H groups in total. The fraction of sp³-hybridized carbons (Fsp3) is 0.650. The van der Waals surface area contributed by atoms with Crippen molar-refractivity contribution in [1.29, 1.82) is 0 Å². The standard InChI is InChI=1S/C20H34N4O2/c1-5-15(6-2)17(24-11-7-8-12-24)14-22-20(21)23-16-9-10-18(25-3)19(13-16)26-4/h9-10,13,15,17H,5-8,11-12,14H2,1-4H3,(H3,21,22,23). The van der Waals surface area contributed by atoms with Crippen molar-refractivity contribution >= 4 is 11.6 Å². The van der Waals surface area contributed by atoms with Crippen molar-refractivity contribution in [1.82, 2.24) is 4.90 Å². The molecule has 1 aromatic carbocycles. The molecule has 0 saturated carbocycles. The van der Waals surface area contributed by atoms with Gasteiger partial charge in [0, 0.05) is 17.8 Å². The van der Waals surface area contributed by atoms with Crippen molar-refractivity contribution < 1.29 is 9.47 Å². The minimum Gasteiger partial charge on any atom is -0.493 e. The first-order valence-electron chi connectivity index (χ1n) is 9.65. The van der Waals surface area contributed by atoms with Gasteiger partial charge in [-0.25, -0.2) is 0 Å². The lowest BCUT2D eigenvalue weighted by molar-refractivity contribution is 0.172. The molecular weight excluding hydrogens is 328 g/mol. The summed E-state index contributed by atoms with van der Waals surface area (Å²) in [6.07, 6.45) is 4.94. The van der Waals surface area contributed by atoms with Crippen LogP contribution >= 0.6 is 0 Å². The molecule has 0 radical (unpaired) electrons. The van der Waals surface area contributed by atoms with Gasteiger partial charge in [-0.2, -0.15) is 0 Å². The van der Waals surface area contributed by atoms with E-state index in [0.29, 0.717) is 29.4 Å². The number of methoxy groups -OCH3 is 2. The van der Waals surface area contributed by atoms with Gasteiger partial charge in [-0.3, -0.25) is 9.89 Å². The Morgan fingerprint density at radius 2 is 1.81 bits per heavy atom. The molecule has 1 saturated heterocycles. The first-order valence-corrected chi connectivity index (χ1v) is 9.65. The molecule has 1 heterocycles. The van der Waals surface area contributed by atoms with E-state index in [1.54, 1.807) is 14.2 Å². The Bertz CT molecular complexity index is 579. The van der Waals surface area contributed by atoms with Crippen LogP contribution in [0.4, 0.5) is 5.69 Å². The van der Waals surface area contributed by atoms with E-state index in [0.717, 1.165) is 12.2 Å². The highest BCUT2D eigenvalue weighted by Crippen LogP contribution is 2.29. The molecule has 0 bridgehead atoms. The van der Waals surface area contributed by atoms with Gasteiger partial charge in [0.15, 0.2) is 17.5 Å². The zero-order chi connectivity index (χ0) is 18.9. The number of nitrogens with two attached hydrogens (primary N) is 1. The second kappa shape index (κ2) is 10.3. The normalized spacial score (nSPS) is 16.7. The van der Waals surface area contributed by atoms with Gasteiger partial charge < -0.3 is 20.5 Å². The lowest BCUT2D eigenvalue weighted by Gasteiger charge is -2.32. The van der Waals surface area contributed by atoms with Gasteiger partial charge >= 0.3 is 0 Å². The summed E-state index contributed by atoms with van der Waals surface area (Å²) in [7, 11) is 3.24. The number of guanidine groups is 1. The number of nitrogens with one attached hydrogen (secondary N) is 1. The number of aliphatic imine (C=N–C) groups is 1. The van der Waals surface area contributed by atoms with Crippen LogP contribution in [0.1, 0.15) is 39.5 Å². The van der Waals surface area contributed by atoms with Crippen LogP contribution in [-0.2, 0) is 0 Å². The van der Waals surface area contributed by atoms with E-state index in [-0.39, 0.29) is 0 Å². The van der Waals surface area contributed by atoms with Crippen LogP contribution in [0.5, 0.6) is 11.5 Å². The van der Waals surface area contributed by atoms with E-state index in [2.05, 4.69) is 29.1 Å². The highest BCUT2D eigenvalue weighted by molar-refractivity contribution is 5.92. The smallest absolute Gasteiger partial charge is 0.193 e. The van der Waals surface area contributed by atoms with E-state index in [1.165, 1.54) is 38.8 Å². The highest BCUT2D eigenvalue weighted by Gasteiger charge is 2.27. The van der Waals surface area contributed by atoms with Crippen LogP contribution in [0.3, 0.4) is 0 Å². The Hall–Kier alpha value is -1.95. The number of benzene rings is 1. The molecule has 0 spiro atoms. The summed E-state index contributed by atoms with van der Waals surface area (Å²) in [6.45, 7) is 7.64. The third kappa shape index (κ3) is 5.27. The number of hydrogen-bond donors (Lipinski definition) is 2. The van der Waals surface area contributed by atoms with Crippen molar-refractivity contribution in [3.8, 4) is 11.5 Å². The molecule has 6 heteroatoms. The van der Waals surface area contributed by atoms with E-state index >= 15 is 0 Å². The molecule has 1 atom stereocenters. The topological polar surface area (TPSA) is 72.1 Å². The molecule has 1 fully saturated rings. The number of nitrogens with zero attached hydrogens (tertiary/aromatic N) is 2. The molecule has 1 aliphatic heterocycles. The highest BCUT2D eigenvalue weighted by atomic mass is 16.5. The van der Waals surface area contributed by atoms with Crippen molar-refractivity contribution in [3.63, 3.8) is 0 Å². The van der Waals surface area contributed by atoms with Gasteiger partial charge in [-0.15, -0.1) is 0 Å². The van der Waals surface area contributed by atoms with Gasteiger partial charge in [0.1, 0.15) is 0 Å². The van der Waals surface area contributed by atoms with Crippen LogP contribution < -0.4 is 20.5 Å². The Morgan fingerprint density at radius 1 is 1.15 bits per heavy atom. The summed E-state index contributed by atoms with van der Waals surface area (Å²) in [5.41, 5.74) is 6.98. The summed E-state index contributed by atoms with van der Waals surface area (Å²) < 4.78 is 10.6. The Labute approximate surface area is 157 Å². The zero-order valence-electron chi connectivity index (χ0n) is 16.6. The summed E-state index contributed by atoms with van der Waals surface area (Å²) >= 11 is 0. The fourth-order valence-electron chi connectivity index (χ4n) is 3.76. The summed E-state index contributed by atoms with van der Waals surface area (Å²) in [5.74, 6) is 2.45. The van der Waals surface area contributed by atoms with Crippen LogP contribution in [0.25, 0.3) is 0 Å². The second-order valence-corrected chi connectivity index (χ2v) is 6.81. The minimum atomic E-state index is 0.437. The molecule has 0 amide bonds. The maximum absolute atomic E-state index is 6.15. The molecule has 26 heavy (non-hydrogen) atoms. The van der Waals surface area contributed by atoms with Crippen molar-refractivity contribution in [3.05, 3.63) is 18.2 Å². The SMILES string of the molecule is CCC(CC)C(CN=C(N)Nc1ccc(OC)c(OC)c1)N1CCCC1. The van der Waals surface area contributed by atoms with Crippen molar-refractivity contribution in [2.75, 3.05) is 39.2 Å². The van der Waals surface area contributed by atoms with Crippen LogP contribution in [0, 0.1) is 5.92 Å². The maximum atomic E-state index is 6.15. The number of rotatable bonds is 9. The minimum absolute atomic E-state index is 0.437. The Balaban J connectivity index is 2.04. The van der Waals surface area contributed by atoms with Gasteiger partial charge in [0.05, 0.1) is 20.8 Å². The van der Waals surface area contributed by atoms with Crippen LogP contribution in [-0.4, -0.2) is 50.8 Å². The Morgan fingerprint density at radius 3 is 2.38 bits per heavy atom. The van der Waals surface area contributed by atoms with Gasteiger partial charge in [0.25, 0.3) is 0 Å². The van der Waals surface area contributed by atoms with Gasteiger partial charge in [-0.05, 0) is 44.0 Å². The number of hydrogen-bond acceptors (Lipinski definition) is 4. The summed E-state index contributed by atoms with van der Waals surface area (Å²) in [4.78, 5) is 7.24. The number of likely N-dealkylation sites (tertiary alicyclic amines) is 1. The first kappa shape index (κ1) is 20.4. The maximum Gasteiger partial charge on any atom is 0.193 e. The average Bonchev–Trinajstić information content (AvgIpc) is 3.19. The second-order valence-electron chi connectivity index (χ2n) is 6.81. The molecular formula is C20H34N4O2. The van der Waals surface area contributed by atoms with Crippen LogP contribution in [0.15, 0.2) is 23.2 Å². The molecule has 146 valence electrons. The molecule has 0 aliphatic carbocycles. The van der Waals surface area contributed by atoms with Gasteiger partial charge in [-0.1, -0.05) is 26.7 Å². The van der Waals surface area contributed by atoms with Crippen LogP contribution in [0.2, 0.25) is 0 Å². The summed E-state index contributed by atoms with van der Waals surface area (Å²) in [6, 6.07) is 6.09. The third-order valence-electron chi connectivity index (χ3n) is 5.31. The van der Waals surface area contributed by atoms with Crippen molar-refractivity contribution in [2.45, 2.75) is 45.6 Å². The van der Waals surface area contributed by atoms with Crippen molar-refractivity contribution in [2.24, 2.45) is 16.6 Å². The first-order chi connectivity index (χ1) is 12.6. The molecule has 1 unspecified atom stereocenters. The summed E-state index contributed by atoms with van der Waals surface area (Å²) in [5, 5.41) is 3.16. The quantitative estimate of drug-likeness (QED) is 0.521. The molecule has 1 aliphatic rings. The van der Waals surface area contributed by atoms with E-state index < -0.39 is 0 Å². The molecule has 2 rings (SSSR count). The average molecular weight is 363 g/mol. The largest absolute Gasteiger partial charge is 0.493 e. The number of ether oxygens (including phenoxy) is 2. The molecule has 1 aromatic rings. The number of anilines is 1. The fourth-order valence-corrected chi connectivity index (χ4v) is 3.76. The van der Waals surface area contributed by atoms with E-state index in [4.69, 9.17) is 15.2 Å². The zero-order valence-corrected chi connectivity index (χ0v) is 16.6. The molecule has 6 nitrogen and oxygen atoms in total. The Kier molecular flexibility index (Phi) is 8.04. The third-order valence-corrected chi connectivity index (χ3v) is 5.31. The van der Waals surface area contributed by atoms with E-state index in [1.807, 2.05) is 18.2 Å². The lowest BCUT2D eigenvalue weighted by atomic mass is 9.93. The monoisotopic (exact) mass is 362 g/mol. The lowest BCUT2D eigenvalue weighted by Crippen LogP contribution is -2.41. The predicted octanol–water partition coefficient (Wildman–Crippen LogP) is 3.33. The predicted molar refractivity (Wildman–Crippen MR) is 108 cm³/mol. The van der Waals surface area contributed by atoms with Gasteiger partial charge in [0.2, 0.25) is 0 Å². The molecule has 0 aromatic heterocycles.